The van der Waals surface area contributed by atoms with E-state index in [1.165, 1.54) is 18.2 Å². The third-order valence-corrected chi connectivity index (χ3v) is 2.39. The summed E-state index contributed by atoms with van der Waals surface area (Å²) in [7, 11) is 0. The Morgan fingerprint density at radius 3 is 2.88 bits per heavy atom. The molecule has 0 saturated carbocycles. The zero-order valence-electron chi connectivity index (χ0n) is 8.80. The first-order valence-electron chi connectivity index (χ1n) is 5.08. The van der Waals surface area contributed by atoms with Gasteiger partial charge in [0.1, 0.15) is 5.82 Å². The number of halogens is 2. The number of rotatable bonds is 5. The molecule has 0 atom stereocenters. The van der Waals surface area contributed by atoms with Crippen molar-refractivity contribution in [1.29, 1.82) is 0 Å². The average molecular weight is 245 g/mol. The van der Waals surface area contributed by atoms with Crippen LogP contribution >= 0.6 is 11.6 Å². The number of nitrogens with one attached hydrogen (secondary N) is 1. The zero-order chi connectivity index (χ0) is 12.0. The van der Waals surface area contributed by atoms with E-state index >= 15 is 0 Å². The number of carbonyl (C=O) groups excluding carboxylic acids is 1. The first kappa shape index (κ1) is 12.9. The highest BCUT2D eigenvalue weighted by Crippen LogP contribution is 2.22. The van der Waals surface area contributed by atoms with Crippen LogP contribution in [0.25, 0.3) is 0 Å². The molecule has 0 radical (unpaired) electrons. The largest absolute Gasteiger partial charge is 0.330 e. The Balaban J connectivity index is 2.52. The molecule has 0 bridgehead atoms. The van der Waals surface area contributed by atoms with E-state index in [9.17, 15) is 9.18 Å². The minimum atomic E-state index is -0.429. The molecular formula is C11H14ClFN2O. The Labute approximate surface area is 98.8 Å². The van der Waals surface area contributed by atoms with Crippen LogP contribution in [0, 0.1) is 5.82 Å². The summed E-state index contributed by atoms with van der Waals surface area (Å²) >= 11 is 5.80. The summed E-state index contributed by atoms with van der Waals surface area (Å²) in [6.45, 7) is 0.563. The number of hydrogen-bond acceptors (Lipinski definition) is 2. The van der Waals surface area contributed by atoms with Crippen molar-refractivity contribution >= 4 is 23.2 Å². The fourth-order valence-corrected chi connectivity index (χ4v) is 1.40. The molecule has 0 fully saturated rings. The van der Waals surface area contributed by atoms with Crippen molar-refractivity contribution in [3.8, 4) is 0 Å². The molecule has 1 aromatic rings. The molecule has 0 aliphatic rings. The molecule has 0 saturated heterocycles. The van der Waals surface area contributed by atoms with Crippen molar-refractivity contribution in [2.75, 3.05) is 11.9 Å². The molecule has 1 rings (SSSR count). The van der Waals surface area contributed by atoms with Gasteiger partial charge in [-0.25, -0.2) is 4.39 Å². The Kier molecular flexibility index (Phi) is 5.22. The van der Waals surface area contributed by atoms with E-state index in [-0.39, 0.29) is 5.91 Å². The topological polar surface area (TPSA) is 55.1 Å². The van der Waals surface area contributed by atoms with Gasteiger partial charge in [-0.2, -0.15) is 0 Å². The highest BCUT2D eigenvalue weighted by Gasteiger charge is 2.06. The molecule has 0 unspecified atom stereocenters. The number of anilines is 1. The van der Waals surface area contributed by atoms with E-state index in [1.807, 2.05) is 0 Å². The van der Waals surface area contributed by atoms with E-state index in [0.717, 1.165) is 12.8 Å². The van der Waals surface area contributed by atoms with Crippen LogP contribution in [0.4, 0.5) is 10.1 Å². The van der Waals surface area contributed by atoms with Gasteiger partial charge in [0.15, 0.2) is 0 Å². The summed E-state index contributed by atoms with van der Waals surface area (Å²) in [6.07, 6.45) is 1.88. The van der Waals surface area contributed by atoms with Crippen LogP contribution < -0.4 is 11.1 Å². The van der Waals surface area contributed by atoms with Crippen LogP contribution in [-0.2, 0) is 4.79 Å². The second-order valence-electron chi connectivity index (χ2n) is 3.42. The molecule has 16 heavy (non-hydrogen) atoms. The van der Waals surface area contributed by atoms with E-state index < -0.39 is 5.82 Å². The molecule has 3 nitrogen and oxygen atoms in total. The molecule has 0 aromatic heterocycles. The Morgan fingerprint density at radius 1 is 1.44 bits per heavy atom. The number of unbranched alkanes of at least 4 members (excludes halogenated alkanes) is 1. The third kappa shape index (κ3) is 4.16. The van der Waals surface area contributed by atoms with Gasteiger partial charge < -0.3 is 11.1 Å². The van der Waals surface area contributed by atoms with Gasteiger partial charge in [-0.1, -0.05) is 11.6 Å². The first-order chi connectivity index (χ1) is 7.63. The lowest BCUT2D eigenvalue weighted by atomic mass is 10.2. The van der Waals surface area contributed by atoms with Crippen LogP contribution in [0.3, 0.4) is 0 Å². The molecule has 88 valence electrons. The number of amides is 1. The fraction of sp³-hybridized carbons (Fsp3) is 0.364. The number of hydrogen-bond donors (Lipinski definition) is 2. The zero-order valence-corrected chi connectivity index (χ0v) is 9.56. The predicted octanol–water partition coefficient (Wildman–Crippen LogP) is 2.55. The number of nitrogens with two attached hydrogens (primary N) is 1. The van der Waals surface area contributed by atoms with Gasteiger partial charge in [0, 0.05) is 6.42 Å². The van der Waals surface area contributed by atoms with Gasteiger partial charge in [-0.15, -0.1) is 0 Å². The van der Waals surface area contributed by atoms with E-state index in [4.69, 9.17) is 17.3 Å². The minimum Gasteiger partial charge on any atom is -0.330 e. The van der Waals surface area contributed by atoms with Crippen LogP contribution in [0.5, 0.6) is 0 Å². The van der Waals surface area contributed by atoms with Crippen molar-refractivity contribution in [3.63, 3.8) is 0 Å². The van der Waals surface area contributed by atoms with E-state index in [1.54, 1.807) is 0 Å². The van der Waals surface area contributed by atoms with Gasteiger partial charge in [0.05, 0.1) is 10.7 Å². The normalized spacial score (nSPS) is 10.2. The Morgan fingerprint density at radius 2 is 2.19 bits per heavy atom. The molecule has 3 N–H and O–H groups in total. The molecule has 0 aliphatic carbocycles. The quantitative estimate of drug-likeness (QED) is 0.782. The van der Waals surface area contributed by atoms with Crippen molar-refractivity contribution in [2.45, 2.75) is 19.3 Å². The predicted molar refractivity (Wildman–Crippen MR) is 62.9 cm³/mol. The van der Waals surface area contributed by atoms with E-state index in [2.05, 4.69) is 5.32 Å². The molecular weight excluding hydrogens is 231 g/mol. The van der Waals surface area contributed by atoms with E-state index in [0.29, 0.717) is 23.7 Å². The maximum Gasteiger partial charge on any atom is 0.224 e. The minimum absolute atomic E-state index is 0.180. The van der Waals surface area contributed by atoms with Crippen molar-refractivity contribution in [2.24, 2.45) is 5.73 Å². The number of benzene rings is 1. The molecule has 1 amide bonds. The summed E-state index contributed by atoms with van der Waals surface area (Å²) in [5, 5.41) is 2.89. The van der Waals surface area contributed by atoms with Gasteiger partial charge in [0.2, 0.25) is 5.91 Å². The summed E-state index contributed by atoms with van der Waals surface area (Å²) in [5.41, 5.74) is 5.61. The van der Waals surface area contributed by atoms with Gasteiger partial charge >= 0.3 is 0 Å². The molecule has 0 spiro atoms. The monoisotopic (exact) mass is 244 g/mol. The first-order valence-corrected chi connectivity index (χ1v) is 5.46. The molecule has 0 aliphatic heterocycles. The van der Waals surface area contributed by atoms with Crippen LogP contribution in [0.2, 0.25) is 5.02 Å². The summed E-state index contributed by atoms with van der Waals surface area (Å²) in [4.78, 5) is 11.4. The second kappa shape index (κ2) is 6.45. The lowest BCUT2D eigenvalue weighted by molar-refractivity contribution is -0.116. The maximum atomic E-state index is 12.9. The summed E-state index contributed by atoms with van der Waals surface area (Å²) in [6, 6.07) is 3.85. The maximum absolute atomic E-state index is 12.9. The summed E-state index contributed by atoms with van der Waals surface area (Å²) < 4.78 is 12.9. The lowest BCUT2D eigenvalue weighted by Gasteiger charge is -2.06. The number of carbonyl (C=O) groups is 1. The standard InChI is InChI=1S/C11H14ClFN2O/c12-9-5-4-8(13)7-10(9)15-11(16)3-1-2-6-14/h4-5,7H,1-3,6,14H2,(H,15,16). The molecule has 0 heterocycles. The highest BCUT2D eigenvalue weighted by atomic mass is 35.5. The summed E-state index contributed by atoms with van der Waals surface area (Å²) in [5.74, 6) is -0.609. The molecule has 5 heteroatoms. The Bertz CT molecular complexity index is 371. The van der Waals surface area contributed by atoms with Crippen LogP contribution in [0.15, 0.2) is 18.2 Å². The Hall–Kier alpha value is -1.13. The van der Waals surface area contributed by atoms with Gasteiger partial charge in [-0.3, -0.25) is 4.79 Å². The van der Waals surface area contributed by atoms with Crippen molar-refractivity contribution in [3.05, 3.63) is 29.0 Å². The smallest absolute Gasteiger partial charge is 0.224 e. The van der Waals surface area contributed by atoms with Crippen LogP contribution in [-0.4, -0.2) is 12.5 Å². The second-order valence-corrected chi connectivity index (χ2v) is 3.83. The van der Waals surface area contributed by atoms with Crippen LogP contribution in [0.1, 0.15) is 19.3 Å². The SMILES string of the molecule is NCCCCC(=O)Nc1cc(F)ccc1Cl. The van der Waals surface area contributed by atoms with Gasteiger partial charge in [-0.05, 0) is 37.6 Å². The lowest BCUT2D eigenvalue weighted by Crippen LogP contribution is -2.12. The average Bonchev–Trinajstić information content (AvgIpc) is 2.24. The van der Waals surface area contributed by atoms with Crippen molar-refractivity contribution < 1.29 is 9.18 Å². The fourth-order valence-electron chi connectivity index (χ4n) is 1.24. The third-order valence-electron chi connectivity index (χ3n) is 2.06. The molecule has 1 aromatic carbocycles. The van der Waals surface area contributed by atoms with Gasteiger partial charge in [0.25, 0.3) is 0 Å². The highest BCUT2D eigenvalue weighted by molar-refractivity contribution is 6.33. The van der Waals surface area contributed by atoms with Crippen molar-refractivity contribution in [1.82, 2.24) is 0 Å².